The SMILES string of the molecule is C=C/C=C\C(=NC=C)OC(F)(F)F. The van der Waals surface area contributed by atoms with Crippen molar-refractivity contribution >= 4 is 5.90 Å². The van der Waals surface area contributed by atoms with Gasteiger partial charge in [0, 0.05) is 12.3 Å². The Labute approximate surface area is 73.7 Å². The van der Waals surface area contributed by atoms with E-state index in [4.69, 9.17) is 0 Å². The van der Waals surface area contributed by atoms with Crippen LogP contribution in [0.1, 0.15) is 0 Å². The molecule has 0 N–H and O–H groups in total. The van der Waals surface area contributed by atoms with Gasteiger partial charge in [0.1, 0.15) is 0 Å². The number of alkyl halides is 3. The summed E-state index contributed by atoms with van der Waals surface area (Å²) in [7, 11) is 0. The molecular weight excluding hydrogens is 183 g/mol. The molecule has 0 atom stereocenters. The van der Waals surface area contributed by atoms with E-state index in [0.717, 1.165) is 12.3 Å². The van der Waals surface area contributed by atoms with Crippen LogP contribution in [0, 0.1) is 0 Å². The molecule has 2 nitrogen and oxygen atoms in total. The van der Waals surface area contributed by atoms with E-state index < -0.39 is 12.3 Å². The van der Waals surface area contributed by atoms with Crippen molar-refractivity contribution in [2.75, 3.05) is 0 Å². The quantitative estimate of drug-likeness (QED) is 0.382. The zero-order valence-corrected chi connectivity index (χ0v) is 6.71. The molecule has 0 radical (unpaired) electrons. The lowest BCUT2D eigenvalue weighted by Crippen LogP contribution is -2.17. The second-order valence-electron chi connectivity index (χ2n) is 1.79. The number of aliphatic imine (C=N–C) groups is 1. The number of allylic oxidation sites excluding steroid dienone is 2. The highest BCUT2D eigenvalue weighted by Crippen LogP contribution is 2.17. The molecule has 0 fully saturated rings. The topological polar surface area (TPSA) is 21.6 Å². The summed E-state index contributed by atoms with van der Waals surface area (Å²) in [5.41, 5.74) is 0. The zero-order valence-electron chi connectivity index (χ0n) is 6.71. The Morgan fingerprint density at radius 2 is 1.92 bits per heavy atom. The summed E-state index contributed by atoms with van der Waals surface area (Å²) in [6, 6.07) is 0. The Morgan fingerprint density at radius 3 is 2.31 bits per heavy atom. The van der Waals surface area contributed by atoms with Gasteiger partial charge in [0.2, 0.25) is 5.90 Å². The molecule has 0 spiro atoms. The van der Waals surface area contributed by atoms with Gasteiger partial charge >= 0.3 is 6.36 Å². The minimum absolute atomic E-state index is 0.581. The van der Waals surface area contributed by atoms with Crippen molar-refractivity contribution in [3.8, 4) is 0 Å². The summed E-state index contributed by atoms with van der Waals surface area (Å²) in [6.07, 6.45) is -0.184. The van der Waals surface area contributed by atoms with Crippen LogP contribution in [0.3, 0.4) is 0 Å². The number of hydrogen-bond acceptors (Lipinski definition) is 2. The van der Waals surface area contributed by atoms with E-state index >= 15 is 0 Å². The van der Waals surface area contributed by atoms with E-state index in [0.29, 0.717) is 0 Å². The van der Waals surface area contributed by atoms with Crippen LogP contribution in [0.2, 0.25) is 0 Å². The molecule has 0 aromatic heterocycles. The van der Waals surface area contributed by atoms with Crippen LogP contribution in [0.5, 0.6) is 0 Å². The van der Waals surface area contributed by atoms with Crippen LogP contribution >= 0.6 is 0 Å². The van der Waals surface area contributed by atoms with Crippen molar-refractivity contribution < 1.29 is 17.9 Å². The number of hydrogen-bond donors (Lipinski definition) is 0. The highest BCUT2D eigenvalue weighted by molar-refractivity contribution is 5.88. The van der Waals surface area contributed by atoms with Gasteiger partial charge in [-0.1, -0.05) is 25.3 Å². The minimum Gasteiger partial charge on any atom is -0.388 e. The molecule has 0 aromatic carbocycles. The minimum atomic E-state index is -4.74. The van der Waals surface area contributed by atoms with Gasteiger partial charge in [-0.05, 0) is 0 Å². The van der Waals surface area contributed by atoms with Gasteiger partial charge in [-0.25, -0.2) is 4.99 Å². The van der Waals surface area contributed by atoms with Crippen LogP contribution in [-0.2, 0) is 4.74 Å². The smallest absolute Gasteiger partial charge is 0.388 e. The normalized spacial score (nSPS) is 13.0. The van der Waals surface area contributed by atoms with Crippen molar-refractivity contribution in [1.82, 2.24) is 0 Å². The first kappa shape index (κ1) is 11.5. The summed E-state index contributed by atoms with van der Waals surface area (Å²) in [5.74, 6) is -0.581. The molecule has 0 heterocycles. The van der Waals surface area contributed by atoms with Gasteiger partial charge in [-0.2, -0.15) is 0 Å². The van der Waals surface area contributed by atoms with Crippen LogP contribution in [0.15, 0.2) is 42.6 Å². The van der Waals surface area contributed by atoms with Crippen LogP contribution in [0.25, 0.3) is 0 Å². The molecule has 0 saturated heterocycles. The summed E-state index contributed by atoms with van der Waals surface area (Å²) in [6.45, 7) is 6.43. The number of nitrogens with zero attached hydrogens (tertiary/aromatic N) is 1. The van der Waals surface area contributed by atoms with Crippen LogP contribution in [0.4, 0.5) is 13.2 Å². The van der Waals surface area contributed by atoms with Gasteiger partial charge in [0.25, 0.3) is 0 Å². The lowest BCUT2D eigenvalue weighted by molar-refractivity contribution is -0.282. The maximum absolute atomic E-state index is 11.7. The summed E-state index contributed by atoms with van der Waals surface area (Å²) < 4.78 is 38.5. The molecule has 13 heavy (non-hydrogen) atoms. The van der Waals surface area contributed by atoms with Crippen LogP contribution < -0.4 is 0 Å². The first-order valence-corrected chi connectivity index (χ1v) is 3.23. The lowest BCUT2D eigenvalue weighted by Gasteiger charge is -2.06. The fourth-order valence-electron chi connectivity index (χ4n) is 0.462. The molecule has 5 heteroatoms. The standard InChI is InChI=1S/C8H8F3NO/c1-3-5-6-7(12-4-2)13-8(9,10)11/h3-6H,1-2H2/b6-5-,12-7?. The van der Waals surface area contributed by atoms with Crippen molar-refractivity contribution in [2.45, 2.75) is 6.36 Å². The van der Waals surface area contributed by atoms with Crippen LogP contribution in [-0.4, -0.2) is 12.3 Å². The van der Waals surface area contributed by atoms with Gasteiger partial charge < -0.3 is 4.74 Å². The molecule has 0 aliphatic carbocycles. The molecule has 0 aromatic rings. The Morgan fingerprint density at radius 1 is 1.31 bits per heavy atom. The first-order chi connectivity index (χ1) is 5.99. The number of rotatable bonds is 3. The maximum Gasteiger partial charge on any atom is 0.574 e. The van der Waals surface area contributed by atoms with Gasteiger partial charge in [0.05, 0.1) is 0 Å². The monoisotopic (exact) mass is 191 g/mol. The van der Waals surface area contributed by atoms with Gasteiger partial charge in [-0.3, -0.25) is 0 Å². The zero-order chi connectivity index (χ0) is 10.3. The van der Waals surface area contributed by atoms with E-state index in [2.05, 4.69) is 22.9 Å². The maximum atomic E-state index is 11.7. The molecular formula is C8H8F3NO. The molecule has 0 saturated carbocycles. The second kappa shape index (κ2) is 5.18. The van der Waals surface area contributed by atoms with Crippen molar-refractivity contribution in [3.05, 3.63) is 37.6 Å². The molecule has 0 rings (SSSR count). The van der Waals surface area contributed by atoms with E-state index in [9.17, 15) is 13.2 Å². The molecule has 72 valence electrons. The van der Waals surface area contributed by atoms with E-state index in [-0.39, 0.29) is 0 Å². The lowest BCUT2D eigenvalue weighted by atomic mass is 10.5. The van der Waals surface area contributed by atoms with E-state index in [1.807, 2.05) is 0 Å². The molecule has 0 amide bonds. The predicted molar refractivity (Wildman–Crippen MR) is 44.1 cm³/mol. The first-order valence-electron chi connectivity index (χ1n) is 3.23. The summed E-state index contributed by atoms with van der Waals surface area (Å²) in [4.78, 5) is 3.25. The summed E-state index contributed by atoms with van der Waals surface area (Å²) in [5, 5.41) is 0. The fourth-order valence-corrected chi connectivity index (χ4v) is 0.462. The summed E-state index contributed by atoms with van der Waals surface area (Å²) >= 11 is 0. The predicted octanol–water partition coefficient (Wildman–Crippen LogP) is 2.81. The Hall–Kier alpha value is -1.52. The largest absolute Gasteiger partial charge is 0.574 e. The number of ether oxygens (including phenoxy) is 1. The molecule has 0 unspecified atom stereocenters. The Balaban J connectivity index is 4.45. The van der Waals surface area contributed by atoms with Crippen molar-refractivity contribution in [3.63, 3.8) is 0 Å². The Bertz CT molecular complexity index is 240. The van der Waals surface area contributed by atoms with Crippen molar-refractivity contribution in [1.29, 1.82) is 0 Å². The average Bonchev–Trinajstić information content (AvgIpc) is 1.98. The third kappa shape index (κ3) is 6.86. The average molecular weight is 191 g/mol. The van der Waals surface area contributed by atoms with E-state index in [1.165, 1.54) is 12.2 Å². The highest BCUT2D eigenvalue weighted by Gasteiger charge is 2.31. The molecule has 0 aliphatic rings. The van der Waals surface area contributed by atoms with Gasteiger partial charge in [0.15, 0.2) is 0 Å². The molecule has 0 aliphatic heterocycles. The van der Waals surface area contributed by atoms with Crippen molar-refractivity contribution in [2.24, 2.45) is 4.99 Å². The third-order valence-electron chi connectivity index (χ3n) is 0.814. The third-order valence-corrected chi connectivity index (χ3v) is 0.814. The highest BCUT2D eigenvalue weighted by atomic mass is 19.4. The number of halogens is 3. The Kier molecular flexibility index (Phi) is 4.58. The fraction of sp³-hybridized carbons (Fsp3) is 0.125. The van der Waals surface area contributed by atoms with Gasteiger partial charge in [-0.15, -0.1) is 13.2 Å². The molecule has 0 bridgehead atoms. The van der Waals surface area contributed by atoms with E-state index in [1.54, 1.807) is 0 Å². The second-order valence-corrected chi connectivity index (χ2v) is 1.79.